The fourth-order valence-corrected chi connectivity index (χ4v) is 1.60. The van der Waals surface area contributed by atoms with Crippen LogP contribution in [0.4, 0.5) is 0 Å². The number of nitrogens with zero attached hydrogens (tertiary/aromatic N) is 1. The van der Waals surface area contributed by atoms with Gasteiger partial charge in [0.25, 0.3) is 0 Å². The third-order valence-corrected chi connectivity index (χ3v) is 3.03. The third kappa shape index (κ3) is 3.67. The van der Waals surface area contributed by atoms with E-state index in [0.717, 1.165) is 6.42 Å². The van der Waals surface area contributed by atoms with Crippen LogP contribution in [-0.2, 0) is 6.42 Å². The lowest BCUT2D eigenvalue weighted by molar-refractivity contribution is 0.312. The number of likely N-dealkylation sites (N-methyl/N-ethyl adjacent to an activating group) is 1. The van der Waals surface area contributed by atoms with Crippen molar-refractivity contribution < 1.29 is 0 Å². The average molecular weight is 205 g/mol. The van der Waals surface area contributed by atoms with Gasteiger partial charge in [-0.05, 0) is 44.5 Å². The zero-order valence-electron chi connectivity index (χ0n) is 10.6. The van der Waals surface area contributed by atoms with Crippen molar-refractivity contribution in [3.63, 3.8) is 0 Å². The van der Waals surface area contributed by atoms with Gasteiger partial charge in [-0.2, -0.15) is 0 Å². The van der Waals surface area contributed by atoms with Crippen LogP contribution in [0.1, 0.15) is 37.8 Å². The van der Waals surface area contributed by atoms with Crippen LogP contribution in [0.25, 0.3) is 0 Å². The first kappa shape index (κ1) is 12.3. The Labute approximate surface area is 94.1 Å². The number of hydrogen-bond donors (Lipinski definition) is 0. The number of hydrogen-bond acceptors (Lipinski definition) is 1. The molecule has 1 nitrogen and oxygen atoms in total. The summed E-state index contributed by atoms with van der Waals surface area (Å²) in [6.07, 6.45) is 1.13. The average Bonchev–Trinajstić information content (AvgIpc) is 2.18. The summed E-state index contributed by atoms with van der Waals surface area (Å²) >= 11 is 0. The van der Waals surface area contributed by atoms with Gasteiger partial charge in [-0.1, -0.05) is 38.1 Å². The van der Waals surface area contributed by atoms with Crippen molar-refractivity contribution in [1.82, 2.24) is 4.90 Å². The Morgan fingerprint density at radius 3 is 2.33 bits per heavy atom. The molecule has 0 aromatic heterocycles. The molecule has 0 aliphatic carbocycles. The Kier molecular flexibility index (Phi) is 4.34. The summed E-state index contributed by atoms with van der Waals surface area (Å²) in [6, 6.07) is 9.56. The Balaban J connectivity index is 2.73. The van der Waals surface area contributed by atoms with Gasteiger partial charge in [0.1, 0.15) is 0 Å². The molecule has 0 heterocycles. The highest BCUT2D eigenvalue weighted by molar-refractivity contribution is 5.26. The van der Waals surface area contributed by atoms with Gasteiger partial charge in [0.15, 0.2) is 0 Å². The molecular formula is C14H23N. The first-order valence-electron chi connectivity index (χ1n) is 5.76. The van der Waals surface area contributed by atoms with Crippen LogP contribution in [0, 0.1) is 0 Å². The second-order valence-corrected chi connectivity index (χ2v) is 4.92. The first-order chi connectivity index (χ1) is 7.00. The lowest BCUT2D eigenvalue weighted by Crippen LogP contribution is -2.26. The zero-order chi connectivity index (χ0) is 11.4. The lowest BCUT2D eigenvalue weighted by Gasteiger charge is -2.20. The highest BCUT2D eigenvalue weighted by atomic mass is 15.1. The molecule has 0 saturated heterocycles. The van der Waals surface area contributed by atoms with Gasteiger partial charge in [0, 0.05) is 6.04 Å². The fraction of sp³-hybridized carbons (Fsp3) is 0.571. The summed E-state index contributed by atoms with van der Waals surface area (Å²) in [5, 5.41) is 0. The third-order valence-electron chi connectivity index (χ3n) is 3.03. The Morgan fingerprint density at radius 2 is 1.80 bits per heavy atom. The molecule has 0 radical (unpaired) electrons. The van der Waals surface area contributed by atoms with Crippen molar-refractivity contribution in [3.05, 3.63) is 35.4 Å². The Morgan fingerprint density at radius 1 is 1.13 bits per heavy atom. The summed E-state index contributed by atoms with van der Waals surface area (Å²) in [7, 11) is 4.27. The minimum absolute atomic E-state index is 0.604. The molecule has 0 amide bonds. The minimum atomic E-state index is 0.604. The molecule has 0 spiro atoms. The molecule has 0 fully saturated rings. The van der Waals surface area contributed by atoms with Crippen LogP contribution in [0.15, 0.2) is 24.3 Å². The smallest absolute Gasteiger partial charge is 0.0101 e. The van der Waals surface area contributed by atoms with Gasteiger partial charge in [-0.25, -0.2) is 0 Å². The van der Waals surface area contributed by atoms with E-state index in [2.05, 4.69) is 64.0 Å². The van der Waals surface area contributed by atoms with Gasteiger partial charge in [-0.3, -0.25) is 0 Å². The molecule has 0 N–H and O–H groups in total. The van der Waals surface area contributed by atoms with Crippen molar-refractivity contribution >= 4 is 0 Å². The van der Waals surface area contributed by atoms with Crippen LogP contribution in [0.5, 0.6) is 0 Å². The summed E-state index contributed by atoms with van der Waals surface area (Å²) < 4.78 is 0. The molecule has 1 unspecified atom stereocenters. The Hall–Kier alpha value is -0.820. The standard InChI is InChI=1S/C14H23N/c1-11(2)14-8-6-7-13(10-14)9-12(3)15(4)5/h6-8,10-12H,9H2,1-5H3. The van der Waals surface area contributed by atoms with Crippen molar-refractivity contribution in [1.29, 1.82) is 0 Å². The van der Waals surface area contributed by atoms with Crippen LogP contribution in [-0.4, -0.2) is 25.0 Å². The topological polar surface area (TPSA) is 3.24 Å². The van der Waals surface area contributed by atoms with E-state index in [0.29, 0.717) is 12.0 Å². The van der Waals surface area contributed by atoms with Gasteiger partial charge in [-0.15, -0.1) is 0 Å². The summed E-state index contributed by atoms with van der Waals surface area (Å²) in [5.41, 5.74) is 2.89. The van der Waals surface area contributed by atoms with Crippen LogP contribution >= 0.6 is 0 Å². The van der Waals surface area contributed by atoms with E-state index >= 15 is 0 Å². The number of benzene rings is 1. The van der Waals surface area contributed by atoms with Gasteiger partial charge in [0.05, 0.1) is 0 Å². The molecule has 0 saturated carbocycles. The predicted octanol–water partition coefficient (Wildman–Crippen LogP) is 3.30. The van der Waals surface area contributed by atoms with E-state index in [9.17, 15) is 0 Å². The van der Waals surface area contributed by atoms with Crippen molar-refractivity contribution in [2.24, 2.45) is 0 Å². The van der Waals surface area contributed by atoms with E-state index in [1.54, 1.807) is 0 Å². The molecule has 1 aromatic carbocycles. The second-order valence-electron chi connectivity index (χ2n) is 4.92. The molecule has 0 bridgehead atoms. The Bertz CT molecular complexity index is 302. The van der Waals surface area contributed by atoms with E-state index in [4.69, 9.17) is 0 Å². The largest absolute Gasteiger partial charge is 0.306 e. The maximum atomic E-state index is 2.34. The summed E-state index contributed by atoms with van der Waals surface area (Å²) in [6.45, 7) is 6.75. The molecule has 1 rings (SSSR count). The zero-order valence-corrected chi connectivity index (χ0v) is 10.6. The lowest BCUT2D eigenvalue weighted by atomic mass is 9.98. The van der Waals surface area contributed by atoms with Crippen LogP contribution in [0.3, 0.4) is 0 Å². The molecular weight excluding hydrogens is 182 g/mol. The summed E-state index contributed by atoms with van der Waals surface area (Å²) in [5.74, 6) is 0.625. The SMILES string of the molecule is CC(C)c1cccc(CC(C)N(C)C)c1. The van der Waals surface area contributed by atoms with E-state index in [1.165, 1.54) is 11.1 Å². The predicted molar refractivity (Wildman–Crippen MR) is 67.4 cm³/mol. The summed E-state index contributed by atoms with van der Waals surface area (Å²) in [4.78, 5) is 2.27. The molecule has 1 heteroatoms. The first-order valence-corrected chi connectivity index (χ1v) is 5.76. The molecule has 1 atom stereocenters. The monoisotopic (exact) mass is 205 g/mol. The molecule has 84 valence electrons. The van der Waals surface area contributed by atoms with E-state index in [-0.39, 0.29) is 0 Å². The quantitative estimate of drug-likeness (QED) is 0.729. The highest BCUT2D eigenvalue weighted by Gasteiger charge is 2.06. The van der Waals surface area contributed by atoms with Crippen LogP contribution < -0.4 is 0 Å². The minimum Gasteiger partial charge on any atom is -0.306 e. The van der Waals surface area contributed by atoms with Crippen LogP contribution in [0.2, 0.25) is 0 Å². The highest BCUT2D eigenvalue weighted by Crippen LogP contribution is 2.17. The number of rotatable bonds is 4. The van der Waals surface area contributed by atoms with Gasteiger partial charge < -0.3 is 4.90 Å². The van der Waals surface area contributed by atoms with Crippen molar-refractivity contribution in [3.8, 4) is 0 Å². The molecule has 1 aromatic rings. The van der Waals surface area contributed by atoms with E-state index < -0.39 is 0 Å². The maximum Gasteiger partial charge on any atom is 0.0101 e. The van der Waals surface area contributed by atoms with Crippen molar-refractivity contribution in [2.45, 2.75) is 39.2 Å². The molecule has 15 heavy (non-hydrogen) atoms. The van der Waals surface area contributed by atoms with E-state index in [1.807, 2.05) is 0 Å². The van der Waals surface area contributed by atoms with Gasteiger partial charge >= 0.3 is 0 Å². The van der Waals surface area contributed by atoms with Gasteiger partial charge in [0.2, 0.25) is 0 Å². The second kappa shape index (κ2) is 5.32. The fourth-order valence-electron chi connectivity index (χ4n) is 1.60. The maximum absolute atomic E-state index is 2.34. The van der Waals surface area contributed by atoms with Crippen molar-refractivity contribution in [2.75, 3.05) is 14.1 Å². The molecule has 0 aliphatic rings. The molecule has 0 aliphatic heterocycles. The normalized spacial score (nSPS) is 13.5.